The minimum absolute atomic E-state index is 0.0110. The monoisotopic (exact) mass is 385 g/mol. The lowest BCUT2D eigenvalue weighted by Crippen LogP contribution is -2.12. The van der Waals surface area contributed by atoms with E-state index in [1.807, 2.05) is 85.4 Å². The molecule has 0 bridgehead atoms. The molecule has 1 amide bonds. The molecule has 0 saturated carbocycles. The first-order valence-electron chi connectivity index (χ1n) is 9.62. The molecule has 4 rings (SSSR count). The fourth-order valence-corrected chi connectivity index (χ4v) is 3.44. The van der Waals surface area contributed by atoms with Crippen molar-refractivity contribution in [2.45, 2.75) is 26.7 Å². The van der Waals surface area contributed by atoms with E-state index in [-0.39, 0.29) is 5.91 Å². The molecule has 1 N–H and O–H groups in total. The van der Waals surface area contributed by atoms with Crippen LogP contribution in [-0.4, -0.2) is 25.5 Å². The Bertz CT molecular complexity index is 1100. The molecule has 29 heavy (non-hydrogen) atoms. The van der Waals surface area contributed by atoms with E-state index in [0.717, 1.165) is 34.0 Å². The second-order valence-corrected chi connectivity index (χ2v) is 6.94. The van der Waals surface area contributed by atoms with Crippen LogP contribution in [0.25, 0.3) is 11.4 Å². The van der Waals surface area contributed by atoms with Crippen molar-refractivity contribution >= 4 is 11.6 Å². The minimum Gasteiger partial charge on any atom is -0.326 e. The lowest BCUT2D eigenvalue weighted by atomic mass is 10.1. The lowest BCUT2D eigenvalue weighted by Gasteiger charge is -2.08. The van der Waals surface area contributed by atoms with E-state index in [9.17, 15) is 4.79 Å². The Morgan fingerprint density at radius 2 is 1.72 bits per heavy atom. The molecule has 0 fully saturated rings. The van der Waals surface area contributed by atoms with Crippen LogP contribution in [0.3, 0.4) is 0 Å². The van der Waals surface area contributed by atoms with Crippen molar-refractivity contribution in [3.8, 4) is 11.4 Å². The quantitative estimate of drug-likeness (QED) is 0.540. The number of para-hydroxylation sites is 1. The Labute approximate surface area is 169 Å². The van der Waals surface area contributed by atoms with Crippen LogP contribution in [0, 0.1) is 13.8 Å². The van der Waals surface area contributed by atoms with Crippen LogP contribution >= 0.6 is 0 Å². The summed E-state index contributed by atoms with van der Waals surface area (Å²) in [5.74, 6) is -0.0110. The fraction of sp³-hybridized carbons (Fsp3) is 0.174. The van der Waals surface area contributed by atoms with Gasteiger partial charge < -0.3 is 5.32 Å². The molecular formula is C23H23N5O. The maximum atomic E-state index is 12.4. The van der Waals surface area contributed by atoms with Crippen LogP contribution in [-0.2, 0) is 11.2 Å². The van der Waals surface area contributed by atoms with Gasteiger partial charge in [0.05, 0.1) is 17.1 Å². The van der Waals surface area contributed by atoms with Crippen molar-refractivity contribution in [2.75, 3.05) is 5.32 Å². The molecule has 0 spiro atoms. The third-order valence-electron chi connectivity index (χ3n) is 4.96. The summed E-state index contributed by atoms with van der Waals surface area (Å²) in [5, 5.41) is 11.8. The number of carbonyl (C=O) groups is 1. The zero-order valence-corrected chi connectivity index (χ0v) is 16.5. The normalized spacial score (nSPS) is 10.8. The van der Waals surface area contributed by atoms with Crippen LogP contribution in [0.2, 0.25) is 0 Å². The van der Waals surface area contributed by atoms with Gasteiger partial charge >= 0.3 is 0 Å². The van der Waals surface area contributed by atoms with E-state index in [4.69, 9.17) is 0 Å². The Hall–Kier alpha value is -3.67. The smallest absolute Gasteiger partial charge is 0.224 e. The molecule has 4 aromatic rings. The highest BCUT2D eigenvalue weighted by molar-refractivity contribution is 5.90. The number of hydrogen-bond acceptors (Lipinski definition) is 3. The molecule has 2 aromatic heterocycles. The summed E-state index contributed by atoms with van der Waals surface area (Å²) in [5.41, 5.74) is 5.92. The highest BCUT2D eigenvalue weighted by atomic mass is 16.1. The molecular weight excluding hydrogens is 362 g/mol. The average Bonchev–Trinajstić information content (AvgIpc) is 3.37. The first kappa shape index (κ1) is 18.7. The van der Waals surface area contributed by atoms with E-state index < -0.39 is 0 Å². The number of nitrogens with one attached hydrogen (secondary N) is 1. The van der Waals surface area contributed by atoms with Crippen molar-refractivity contribution < 1.29 is 4.79 Å². The van der Waals surface area contributed by atoms with Crippen molar-refractivity contribution in [2.24, 2.45) is 0 Å². The first-order valence-corrected chi connectivity index (χ1v) is 9.62. The van der Waals surface area contributed by atoms with Crippen molar-refractivity contribution in [3.05, 3.63) is 90.0 Å². The molecule has 0 saturated heterocycles. The summed E-state index contributed by atoms with van der Waals surface area (Å²) in [6.07, 6.45) is 4.68. The van der Waals surface area contributed by atoms with Gasteiger partial charge in [-0.2, -0.15) is 10.2 Å². The number of rotatable bonds is 6. The van der Waals surface area contributed by atoms with Crippen LogP contribution in [0.4, 0.5) is 5.69 Å². The molecule has 0 atom stereocenters. The number of carbonyl (C=O) groups excluding carboxylic acids is 1. The van der Waals surface area contributed by atoms with Crippen LogP contribution < -0.4 is 5.32 Å². The van der Waals surface area contributed by atoms with Crippen LogP contribution in [0.5, 0.6) is 0 Å². The molecule has 0 unspecified atom stereocenters. The maximum Gasteiger partial charge on any atom is 0.224 e. The molecule has 0 aliphatic rings. The summed E-state index contributed by atoms with van der Waals surface area (Å²) in [6.45, 7) is 4.04. The third-order valence-corrected chi connectivity index (χ3v) is 4.96. The molecule has 6 nitrogen and oxygen atoms in total. The highest BCUT2D eigenvalue weighted by Crippen LogP contribution is 2.20. The zero-order valence-electron chi connectivity index (χ0n) is 16.5. The fourth-order valence-electron chi connectivity index (χ4n) is 3.44. The second kappa shape index (κ2) is 8.14. The van der Waals surface area contributed by atoms with E-state index in [1.54, 1.807) is 10.9 Å². The number of aromatic nitrogens is 4. The van der Waals surface area contributed by atoms with Gasteiger partial charge in [-0.25, -0.2) is 9.36 Å². The predicted octanol–water partition coefficient (Wildman–Crippen LogP) is 4.25. The van der Waals surface area contributed by atoms with E-state index in [2.05, 4.69) is 15.5 Å². The van der Waals surface area contributed by atoms with Gasteiger partial charge in [-0.3, -0.25) is 4.79 Å². The van der Waals surface area contributed by atoms with Gasteiger partial charge in [0.2, 0.25) is 5.91 Å². The largest absolute Gasteiger partial charge is 0.326 e. The summed E-state index contributed by atoms with van der Waals surface area (Å²) in [7, 11) is 0. The number of benzene rings is 2. The number of hydrogen-bond donors (Lipinski definition) is 1. The van der Waals surface area contributed by atoms with Gasteiger partial charge in [-0.1, -0.05) is 18.2 Å². The summed E-state index contributed by atoms with van der Waals surface area (Å²) in [4.78, 5) is 12.4. The minimum atomic E-state index is -0.0110. The van der Waals surface area contributed by atoms with Crippen LogP contribution in [0.1, 0.15) is 23.4 Å². The Kier molecular flexibility index (Phi) is 5.24. The van der Waals surface area contributed by atoms with E-state index >= 15 is 0 Å². The Balaban J connectivity index is 1.39. The number of amides is 1. The average molecular weight is 385 g/mol. The Morgan fingerprint density at radius 1 is 0.966 bits per heavy atom. The predicted molar refractivity (Wildman–Crippen MR) is 114 cm³/mol. The third kappa shape index (κ3) is 4.11. The second-order valence-electron chi connectivity index (χ2n) is 6.94. The molecule has 2 heterocycles. The molecule has 0 aliphatic heterocycles. The lowest BCUT2D eigenvalue weighted by molar-refractivity contribution is -0.116. The summed E-state index contributed by atoms with van der Waals surface area (Å²) >= 11 is 0. The highest BCUT2D eigenvalue weighted by Gasteiger charge is 2.14. The van der Waals surface area contributed by atoms with Crippen LogP contribution in [0.15, 0.2) is 73.1 Å². The first-order chi connectivity index (χ1) is 14.1. The topological polar surface area (TPSA) is 64.7 Å². The van der Waals surface area contributed by atoms with Gasteiger partial charge in [0.25, 0.3) is 0 Å². The summed E-state index contributed by atoms with van der Waals surface area (Å²) in [6, 6.07) is 19.6. The molecule has 146 valence electrons. The molecule has 6 heteroatoms. The van der Waals surface area contributed by atoms with Gasteiger partial charge in [0.1, 0.15) is 0 Å². The Morgan fingerprint density at radius 3 is 2.41 bits per heavy atom. The number of anilines is 1. The zero-order chi connectivity index (χ0) is 20.2. The van der Waals surface area contributed by atoms with Gasteiger partial charge in [-0.15, -0.1) is 0 Å². The van der Waals surface area contributed by atoms with Gasteiger partial charge in [-0.05, 0) is 68.3 Å². The molecule has 0 aliphatic carbocycles. The standard InChI is InChI=1S/C23H23N5O/c1-17-22(18(2)28(26-17)21-7-4-3-5-8-21)13-14-23(29)25-19-9-11-20(12-10-19)27-16-6-15-24-27/h3-12,15-16H,13-14H2,1-2H3,(H,25,29). The van der Waals surface area contributed by atoms with E-state index in [0.29, 0.717) is 12.8 Å². The SMILES string of the molecule is Cc1nn(-c2ccccc2)c(C)c1CCC(=O)Nc1ccc(-n2cccn2)cc1. The van der Waals surface area contributed by atoms with Crippen molar-refractivity contribution in [1.82, 2.24) is 19.6 Å². The number of aryl methyl sites for hydroxylation is 1. The van der Waals surface area contributed by atoms with E-state index in [1.165, 1.54) is 0 Å². The molecule has 2 aromatic carbocycles. The number of nitrogens with zero attached hydrogens (tertiary/aromatic N) is 4. The molecule has 0 radical (unpaired) electrons. The summed E-state index contributed by atoms with van der Waals surface area (Å²) < 4.78 is 3.72. The van der Waals surface area contributed by atoms with Gasteiger partial charge in [0.15, 0.2) is 0 Å². The maximum absolute atomic E-state index is 12.4. The van der Waals surface area contributed by atoms with Gasteiger partial charge in [0, 0.05) is 30.2 Å². The van der Waals surface area contributed by atoms with Crippen molar-refractivity contribution in [1.29, 1.82) is 0 Å². The van der Waals surface area contributed by atoms with Crippen molar-refractivity contribution in [3.63, 3.8) is 0 Å².